The fourth-order valence-corrected chi connectivity index (χ4v) is 2.44. The van der Waals surface area contributed by atoms with Gasteiger partial charge in [-0.2, -0.15) is 0 Å². The van der Waals surface area contributed by atoms with Crippen LogP contribution in [-0.4, -0.2) is 43.3 Å². The van der Waals surface area contributed by atoms with Crippen molar-refractivity contribution >= 4 is 34.8 Å². The van der Waals surface area contributed by atoms with Gasteiger partial charge in [-0.15, -0.1) is 29.6 Å². The monoisotopic (exact) mass is 341 g/mol. The standard InChI is InChI=1S/C16H21Cl2N3O/c1-2-9-20-16(22)15(19)12-13-3-5-14(6-4-13)21(10-7-17)11-8-18/h1,3-6,15H,7-12,19H2,(H,20,22)/t15-/m0/s1. The summed E-state index contributed by atoms with van der Waals surface area (Å²) in [5.74, 6) is 3.19. The van der Waals surface area contributed by atoms with E-state index in [4.69, 9.17) is 35.4 Å². The zero-order valence-corrected chi connectivity index (χ0v) is 13.9. The molecule has 0 heterocycles. The summed E-state index contributed by atoms with van der Waals surface area (Å²) < 4.78 is 0. The zero-order chi connectivity index (χ0) is 16.4. The highest BCUT2D eigenvalue weighted by atomic mass is 35.5. The molecular weight excluding hydrogens is 321 g/mol. The molecule has 0 bridgehead atoms. The highest BCUT2D eigenvalue weighted by Gasteiger charge is 2.13. The second-order valence-corrected chi connectivity index (χ2v) is 5.52. The predicted molar refractivity (Wildman–Crippen MR) is 93.6 cm³/mol. The molecule has 0 spiro atoms. The van der Waals surface area contributed by atoms with Crippen molar-refractivity contribution < 1.29 is 4.79 Å². The van der Waals surface area contributed by atoms with E-state index in [0.29, 0.717) is 18.2 Å². The number of nitrogens with two attached hydrogens (primary N) is 1. The van der Waals surface area contributed by atoms with Gasteiger partial charge in [0.25, 0.3) is 0 Å². The van der Waals surface area contributed by atoms with Crippen LogP contribution in [0.15, 0.2) is 24.3 Å². The van der Waals surface area contributed by atoms with E-state index in [2.05, 4.69) is 16.1 Å². The zero-order valence-electron chi connectivity index (χ0n) is 12.4. The molecule has 3 N–H and O–H groups in total. The molecule has 4 nitrogen and oxygen atoms in total. The highest BCUT2D eigenvalue weighted by Crippen LogP contribution is 2.16. The van der Waals surface area contributed by atoms with Gasteiger partial charge < -0.3 is 16.0 Å². The maximum Gasteiger partial charge on any atom is 0.238 e. The smallest absolute Gasteiger partial charge is 0.238 e. The lowest BCUT2D eigenvalue weighted by molar-refractivity contribution is -0.122. The maximum absolute atomic E-state index is 11.7. The number of amides is 1. The Labute approximate surface area is 141 Å². The Balaban J connectivity index is 2.64. The Kier molecular flexibility index (Phi) is 8.76. The summed E-state index contributed by atoms with van der Waals surface area (Å²) >= 11 is 11.6. The van der Waals surface area contributed by atoms with Crippen molar-refractivity contribution in [3.63, 3.8) is 0 Å². The van der Waals surface area contributed by atoms with E-state index in [-0.39, 0.29) is 12.5 Å². The molecule has 1 aromatic carbocycles. The number of hydrogen-bond donors (Lipinski definition) is 2. The maximum atomic E-state index is 11.7. The van der Waals surface area contributed by atoms with Crippen molar-refractivity contribution in [3.8, 4) is 12.3 Å². The second kappa shape index (κ2) is 10.3. The molecule has 6 heteroatoms. The molecule has 0 unspecified atom stereocenters. The quantitative estimate of drug-likeness (QED) is 0.529. The topological polar surface area (TPSA) is 58.4 Å². The molecule has 22 heavy (non-hydrogen) atoms. The Morgan fingerprint density at radius 2 is 1.86 bits per heavy atom. The minimum Gasteiger partial charge on any atom is -0.369 e. The van der Waals surface area contributed by atoms with Gasteiger partial charge in [0.2, 0.25) is 5.91 Å². The van der Waals surface area contributed by atoms with Gasteiger partial charge in [-0.05, 0) is 24.1 Å². The van der Waals surface area contributed by atoms with Crippen LogP contribution in [0.3, 0.4) is 0 Å². The number of benzene rings is 1. The van der Waals surface area contributed by atoms with E-state index in [9.17, 15) is 4.79 Å². The molecule has 0 saturated carbocycles. The summed E-state index contributed by atoms with van der Waals surface area (Å²) in [6, 6.07) is 7.28. The molecule has 0 aliphatic rings. The Bertz CT molecular complexity index is 493. The molecule has 1 atom stereocenters. The van der Waals surface area contributed by atoms with Gasteiger partial charge in [0.1, 0.15) is 0 Å². The van der Waals surface area contributed by atoms with Gasteiger partial charge in [0.15, 0.2) is 0 Å². The van der Waals surface area contributed by atoms with Crippen LogP contribution in [0.1, 0.15) is 5.56 Å². The number of carbonyl (C=O) groups excluding carboxylic acids is 1. The van der Waals surface area contributed by atoms with Crippen molar-refractivity contribution in [2.45, 2.75) is 12.5 Å². The number of carbonyl (C=O) groups is 1. The molecule has 0 saturated heterocycles. The third-order valence-corrected chi connectivity index (χ3v) is 3.51. The van der Waals surface area contributed by atoms with Crippen molar-refractivity contribution in [1.29, 1.82) is 0 Å². The molecule has 0 aromatic heterocycles. The van der Waals surface area contributed by atoms with Crippen LogP contribution in [-0.2, 0) is 11.2 Å². The van der Waals surface area contributed by atoms with Crippen LogP contribution in [0.25, 0.3) is 0 Å². The molecule has 0 aliphatic carbocycles. The van der Waals surface area contributed by atoms with Crippen LogP contribution in [0.2, 0.25) is 0 Å². The summed E-state index contributed by atoms with van der Waals surface area (Å²) in [6.07, 6.45) is 5.55. The number of anilines is 1. The van der Waals surface area contributed by atoms with Crippen molar-refractivity contribution in [2.75, 3.05) is 36.3 Å². The number of nitrogens with one attached hydrogen (secondary N) is 1. The predicted octanol–water partition coefficient (Wildman–Crippen LogP) is 1.59. The fourth-order valence-electron chi connectivity index (χ4n) is 2.03. The van der Waals surface area contributed by atoms with E-state index >= 15 is 0 Å². The third-order valence-electron chi connectivity index (χ3n) is 3.17. The number of nitrogens with zero attached hydrogens (tertiary/aromatic N) is 1. The van der Waals surface area contributed by atoms with Gasteiger partial charge in [-0.25, -0.2) is 0 Å². The van der Waals surface area contributed by atoms with Crippen molar-refractivity contribution in [3.05, 3.63) is 29.8 Å². The molecule has 1 amide bonds. The lowest BCUT2D eigenvalue weighted by Gasteiger charge is -2.23. The van der Waals surface area contributed by atoms with Crippen molar-refractivity contribution in [1.82, 2.24) is 5.32 Å². The van der Waals surface area contributed by atoms with Crippen LogP contribution >= 0.6 is 23.2 Å². The van der Waals surface area contributed by atoms with Gasteiger partial charge in [-0.1, -0.05) is 18.1 Å². The SMILES string of the molecule is C#CCNC(=O)[C@@H](N)Cc1ccc(N(CCCl)CCCl)cc1. The molecule has 0 radical (unpaired) electrons. The number of rotatable bonds is 9. The average molecular weight is 342 g/mol. The van der Waals surface area contributed by atoms with Crippen LogP contribution in [0.4, 0.5) is 5.69 Å². The first-order valence-electron chi connectivity index (χ1n) is 7.05. The summed E-state index contributed by atoms with van der Waals surface area (Å²) in [6.45, 7) is 1.67. The van der Waals surface area contributed by atoms with Crippen LogP contribution in [0, 0.1) is 12.3 Å². The van der Waals surface area contributed by atoms with Gasteiger partial charge >= 0.3 is 0 Å². The second-order valence-electron chi connectivity index (χ2n) is 4.76. The third kappa shape index (κ3) is 6.15. The minimum absolute atomic E-state index is 0.192. The normalized spacial score (nSPS) is 11.5. The molecule has 0 aliphatic heterocycles. The van der Waals surface area contributed by atoms with E-state index in [1.54, 1.807) is 0 Å². The van der Waals surface area contributed by atoms with E-state index < -0.39 is 6.04 Å². The first-order chi connectivity index (χ1) is 10.6. The van der Waals surface area contributed by atoms with Crippen LogP contribution in [0.5, 0.6) is 0 Å². The van der Waals surface area contributed by atoms with Crippen LogP contribution < -0.4 is 16.0 Å². The van der Waals surface area contributed by atoms with Gasteiger partial charge in [-0.3, -0.25) is 4.79 Å². The molecule has 0 fully saturated rings. The van der Waals surface area contributed by atoms with Gasteiger partial charge in [0.05, 0.1) is 12.6 Å². The van der Waals surface area contributed by atoms with E-state index in [1.165, 1.54) is 0 Å². The van der Waals surface area contributed by atoms with Crippen molar-refractivity contribution in [2.24, 2.45) is 5.73 Å². The Morgan fingerprint density at radius 1 is 1.27 bits per heavy atom. The van der Waals surface area contributed by atoms with E-state index in [1.807, 2.05) is 24.3 Å². The lowest BCUT2D eigenvalue weighted by Crippen LogP contribution is -2.42. The summed E-state index contributed by atoms with van der Waals surface area (Å²) in [5, 5.41) is 2.58. The summed E-state index contributed by atoms with van der Waals surface area (Å²) in [7, 11) is 0. The summed E-state index contributed by atoms with van der Waals surface area (Å²) in [4.78, 5) is 13.8. The molecular formula is C16H21Cl2N3O. The van der Waals surface area contributed by atoms with E-state index in [0.717, 1.165) is 24.3 Å². The number of terminal acetylenes is 1. The first-order valence-corrected chi connectivity index (χ1v) is 8.11. The molecule has 1 aromatic rings. The Hall–Kier alpha value is -1.41. The number of alkyl halides is 2. The number of hydrogen-bond acceptors (Lipinski definition) is 3. The highest BCUT2D eigenvalue weighted by molar-refractivity contribution is 6.18. The Morgan fingerprint density at radius 3 is 2.36 bits per heavy atom. The average Bonchev–Trinajstić information content (AvgIpc) is 2.53. The molecule has 120 valence electrons. The van der Waals surface area contributed by atoms with Gasteiger partial charge in [0, 0.05) is 30.5 Å². The summed E-state index contributed by atoms with van der Waals surface area (Å²) in [5.41, 5.74) is 7.90. The lowest BCUT2D eigenvalue weighted by atomic mass is 10.1. The first kappa shape index (κ1) is 18.6. The fraction of sp³-hybridized carbons (Fsp3) is 0.438. The molecule has 1 rings (SSSR count). The minimum atomic E-state index is -0.610. The number of halogens is 2. The largest absolute Gasteiger partial charge is 0.369 e.